The van der Waals surface area contributed by atoms with E-state index in [9.17, 15) is 14.4 Å². The van der Waals surface area contributed by atoms with Crippen molar-refractivity contribution in [3.8, 4) is 5.75 Å². The quantitative estimate of drug-likeness (QED) is 0.777. The Bertz CT molecular complexity index is 618. The van der Waals surface area contributed by atoms with Gasteiger partial charge in [0.15, 0.2) is 0 Å². The third kappa shape index (κ3) is 3.14. The summed E-state index contributed by atoms with van der Waals surface area (Å²) in [5.41, 5.74) is 1.48. The number of carbonyl (C=O) groups excluding carboxylic acids is 3. The van der Waals surface area contributed by atoms with Gasteiger partial charge in [-0.05, 0) is 41.4 Å². The minimum Gasteiger partial charge on any atom is -0.495 e. The number of benzene rings is 1. The van der Waals surface area contributed by atoms with Crippen LogP contribution in [0.25, 0.3) is 0 Å². The summed E-state index contributed by atoms with van der Waals surface area (Å²) in [4.78, 5) is 35.7. The van der Waals surface area contributed by atoms with Crippen LogP contribution in [0.1, 0.15) is 35.7 Å². The van der Waals surface area contributed by atoms with Crippen molar-refractivity contribution >= 4 is 34.2 Å². The van der Waals surface area contributed by atoms with Gasteiger partial charge in [0, 0.05) is 23.6 Å². The van der Waals surface area contributed by atoms with Gasteiger partial charge >= 0.3 is 0 Å². The second-order valence-electron chi connectivity index (χ2n) is 5.11. The zero-order valence-corrected chi connectivity index (χ0v) is 14.0. The number of nitrogens with one attached hydrogen (secondary N) is 1. The molecule has 0 spiro atoms. The Hall–Kier alpha value is -1.89. The maximum absolute atomic E-state index is 12.5. The van der Waals surface area contributed by atoms with Gasteiger partial charge in [0.25, 0.3) is 5.91 Å². The second kappa shape index (κ2) is 6.91. The first kappa shape index (κ1) is 16.5. The van der Waals surface area contributed by atoms with Crippen molar-refractivity contribution in [3.63, 3.8) is 0 Å². The smallest absolute Gasteiger partial charge is 0.254 e. The molecule has 0 fully saturated rings. The van der Waals surface area contributed by atoms with Crippen molar-refractivity contribution < 1.29 is 19.1 Å². The lowest BCUT2D eigenvalue weighted by Crippen LogP contribution is -2.34. The highest BCUT2D eigenvalue weighted by molar-refractivity contribution is 9.10. The molecule has 1 heterocycles. The predicted molar refractivity (Wildman–Crippen MR) is 83.5 cm³/mol. The van der Waals surface area contributed by atoms with Gasteiger partial charge in [-0.2, -0.15) is 0 Å². The first-order valence-electron chi connectivity index (χ1n) is 6.89. The summed E-state index contributed by atoms with van der Waals surface area (Å²) in [6.45, 7) is 2.34. The van der Waals surface area contributed by atoms with E-state index < -0.39 is 0 Å². The maximum atomic E-state index is 12.5. The number of imide groups is 1. The molecule has 1 aliphatic heterocycles. The molecule has 1 atom stereocenters. The molecular formula is C15H17BrN2O4. The van der Waals surface area contributed by atoms with E-state index in [4.69, 9.17) is 4.74 Å². The number of methoxy groups -OCH3 is 1. The average molecular weight is 369 g/mol. The van der Waals surface area contributed by atoms with Crippen molar-refractivity contribution in [2.75, 3.05) is 7.11 Å². The van der Waals surface area contributed by atoms with Gasteiger partial charge in [-0.15, -0.1) is 0 Å². The molecule has 0 aromatic heterocycles. The molecule has 6 nitrogen and oxygen atoms in total. The molecule has 0 saturated heterocycles. The topological polar surface area (TPSA) is 75.7 Å². The molecule has 0 aliphatic carbocycles. The molecule has 1 unspecified atom stereocenters. The number of ether oxygens (including phenoxy) is 1. The van der Waals surface area contributed by atoms with E-state index in [1.807, 2.05) is 6.92 Å². The lowest BCUT2D eigenvalue weighted by molar-refractivity contribution is -0.125. The molecule has 0 saturated carbocycles. The van der Waals surface area contributed by atoms with Crippen molar-refractivity contribution in [3.05, 3.63) is 27.7 Å². The van der Waals surface area contributed by atoms with Crippen LogP contribution in [0.2, 0.25) is 0 Å². The molecule has 1 N–H and O–H groups in total. The Morgan fingerprint density at radius 1 is 1.55 bits per heavy atom. The van der Waals surface area contributed by atoms with Gasteiger partial charge in [-0.25, -0.2) is 0 Å². The monoisotopic (exact) mass is 368 g/mol. The minimum absolute atomic E-state index is 0.0657. The number of rotatable bonds is 6. The minimum atomic E-state index is -0.341. The van der Waals surface area contributed by atoms with Gasteiger partial charge in [0.1, 0.15) is 5.75 Å². The largest absolute Gasteiger partial charge is 0.495 e. The standard InChI is InChI=1S/C15H17BrN2O4/c1-9(3-6-13(20)17-8-19)18-7-11-10(15(18)21)4-5-12(16)14(11)22-2/h4-5,8-9H,3,6-7H2,1-2H3,(H,17,19,20). The van der Waals surface area contributed by atoms with Gasteiger partial charge in [0.2, 0.25) is 12.3 Å². The zero-order valence-electron chi connectivity index (χ0n) is 12.4. The summed E-state index contributed by atoms with van der Waals surface area (Å²) in [6.07, 6.45) is 1.05. The highest BCUT2D eigenvalue weighted by Crippen LogP contribution is 2.37. The van der Waals surface area contributed by atoms with Crippen molar-refractivity contribution in [1.82, 2.24) is 10.2 Å². The van der Waals surface area contributed by atoms with Gasteiger partial charge in [0.05, 0.1) is 18.1 Å². The number of nitrogens with zero attached hydrogens (tertiary/aromatic N) is 1. The fourth-order valence-electron chi connectivity index (χ4n) is 2.56. The summed E-state index contributed by atoms with van der Waals surface area (Å²) in [7, 11) is 1.57. The van der Waals surface area contributed by atoms with Crippen LogP contribution in [0.4, 0.5) is 0 Å². The summed E-state index contributed by atoms with van der Waals surface area (Å²) < 4.78 is 6.17. The lowest BCUT2D eigenvalue weighted by Gasteiger charge is -2.24. The third-order valence-electron chi connectivity index (χ3n) is 3.78. The van der Waals surface area contributed by atoms with Gasteiger partial charge in [-0.3, -0.25) is 19.7 Å². The van der Waals surface area contributed by atoms with Crippen molar-refractivity contribution in [1.29, 1.82) is 0 Å². The SMILES string of the molecule is COc1c(Br)ccc2c1CN(C(C)CCC(=O)NC=O)C2=O. The molecule has 0 bridgehead atoms. The van der Waals surface area contributed by atoms with Crippen molar-refractivity contribution in [2.24, 2.45) is 0 Å². The molecule has 1 aliphatic rings. The number of amides is 3. The van der Waals surface area contributed by atoms with Crippen molar-refractivity contribution in [2.45, 2.75) is 32.4 Å². The number of carbonyl (C=O) groups is 3. The Morgan fingerprint density at radius 3 is 2.91 bits per heavy atom. The average Bonchev–Trinajstić information content (AvgIpc) is 2.82. The normalized spacial score (nSPS) is 14.5. The maximum Gasteiger partial charge on any atom is 0.254 e. The molecule has 1 aromatic carbocycles. The van der Waals surface area contributed by atoms with Crippen LogP contribution < -0.4 is 10.1 Å². The van der Waals surface area contributed by atoms with Crippen LogP contribution >= 0.6 is 15.9 Å². The van der Waals surface area contributed by atoms with E-state index in [0.717, 1.165) is 10.0 Å². The molecule has 3 amide bonds. The first-order chi connectivity index (χ1) is 10.5. The summed E-state index contributed by atoms with van der Waals surface area (Å²) in [5.74, 6) is 0.259. The van der Waals surface area contributed by atoms with Gasteiger partial charge in [-0.1, -0.05) is 0 Å². The highest BCUT2D eigenvalue weighted by atomic mass is 79.9. The van der Waals surface area contributed by atoms with Crippen LogP contribution in [0, 0.1) is 0 Å². The second-order valence-corrected chi connectivity index (χ2v) is 5.97. The molecule has 0 radical (unpaired) electrons. The molecular weight excluding hydrogens is 352 g/mol. The Balaban J connectivity index is 2.11. The van der Waals surface area contributed by atoms with Crippen LogP contribution in [0.5, 0.6) is 5.75 Å². The van der Waals surface area contributed by atoms with E-state index in [0.29, 0.717) is 30.7 Å². The summed E-state index contributed by atoms with van der Waals surface area (Å²) in [5, 5.41) is 2.10. The highest BCUT2D eigenvalue weighted by Gasteiger charge is 2.33. The Morgan fingerprint density at radius 2 is 2.27 bits per heavy atom. The Labute approximate surface area is 136 Å². The first-order valence-corrected chi connectivity index (χ1v) is 7.68. The Kier molecular flexibility index (Phi) is 5.18. The van der Waals surface area contributed by atoms with Crippen LogP contribution in [0.3, 0.4) is 0 Å². The summed E-state index contributed by atoms with van der Waals surface area (Å²) >= 11 is 3.41. The third-order valence-corrected chi connectivity index (χ3v) is 4.40. The predicted octanol–water partition coefficient (Wildman–Crippen LogP) is 1.85. The lowest BCUT2D eigenvalue weighted by atomic mass is 10.1. The summed E-state index contributed by atoms with van der Waals surface area (Å²) in [6, 6.07) is 3.46. The number of hydrogen-bond donors (Lipinski definition) is 1. The molecule has 118 valence electrons. The van der Waals surface area contributed by atoms with Crippen LogP contribution in [-0.4, -0.2) is 36.3 Å². The number of hydrogen-bond acceptors (Lipinski definition) is 4. The van der Waals surface area contributed by atoms with E-state index in [-0.39, 0.29) is 24.3 Å². The fourth-order valence-corrected chi connectivity index (χ4v) is 3.10. The van der Waals surface area contributed by atoms with E-state index >= 15 is 0 Å². The zero-order chi connectivity index (χ0) is 16.3. The van der Waals surface area contributed by atoms with Gasteiger partial charge < -0.3 is 9.64 Å². The number of halogens is 1. The molecule has 2 rings (SSSR count). The van der Waals surface area contributed by atoms with Crippen LogP contribution in [-0.2, 0) is 16.1 Å². The van der Waals surface area contributed by atoms with Crippen LogP contribution in [0.15, 0.2) is 16.6 Å². The fraction of sp³-hybridized carbons (Fsp3) is 0.400. The van der Waals surface area contributed by atoms with E-state index in [1.54, 1.807) is 24.1 Å². The van der Waals surface area contributed by atoms with E-state index in [1.165, 1.54) is 0 Å². The van der Waals surface area contributed by atoms with E-state index in [2.05, 4.69) is 21.2 Å². The molecule has 22 heavy (non-hydrogen) atoms. The molecule has 7 heteroatoms. The molecule has 1 aromatic rings. The number of fused-ring (bicyclic) bond motifs is 1.